The van der Waals surface area contributed by atoms with Gasteiger partial charge in [0.05, 0.1) is 72.4 Å². The van der Waals surface area contributed by atoms with Crippen LogP contribution in [0.15, 0.2) is 38.0 Å². The van der Waals surface area contributed by atoms with E-state index in [1.807, 2.05) is 29.9 Å². The Balaban J connectivity index is 0.000000180. The first kappa shape index (κ1) is 66.1. The topological polar surface area (TPSA) is 340 Å². The largest absolute Gasteiger partial charge is 0.473 e. The van der Waals surface area contributed by atoms with Crippen molar-refractivity contribution >= 4 is 77.3 Å². The number of anilines is 3. The number of imidazole rings is 3. The number of hydrogen-bond donors (Lipinski definition) is 5. The van der Waals surface area contributed by atoms with Crippen molar-refractivity contribution in [1.82, 2.24) is 58.6 Å². The number of aromatic nitrogens is 12. The van der Waals surface area contributed by atoms with E-state index in [0.29, 0.717) is 64.4 Å². The molecule has 0 aliphatic carbocycles. The molecular formula is C54H89N15O11P2S. The summed E-state index contributed by atoms with van der Waals surface area (Å²) in [5.74, 6) is 0.981. The van der Waals surface area contributed by atoms with E-state index in [9.17, 15) is 14.4 Å². The van der Waals surface area contributed by atoms with Crippen molar-refractivity contribution in [3.05, 3.63) is 38.0 Å². The Bertz CT molecular complexity index is 3090. The number of phosphoric acid groups is 1. The number of hydrogen-bond acceptors (Lipinski definition) is 22. The molecule has 3 aliphatic heterocycles. The summed E-state index contributed by atoms with van der Waals surface area (Å²) in [6, 6.07) is 0. The molecule has 3 aliphatic rings. The molecule has 6 aromatic heterocycles. The Hall–Kier alpha value is -4.47. The molecule has 8 N–H and O–H groups in total. The van der Waals surface area contributed by atoms with E-state index in [0.717, 1.165) is 19.3 Å². The molecule has 9 heterocycles. The fourth-order valence-corrected chi connectivity index (χ4v) is 13.7. The van der Waals surface area contributed by atoms with Crippen molar-refractivity contribution in [2.75, 3.05) is 17.2 Å². The average molecular weight is 1220 g/mol. The van der Waals surface area contributed by atoms with E-state index in [2.05, 4.69) is 128 Å². The van der Waals surface area contributed by atoms with Crippen LogP contribution in [0.25, 0.3) is 33.5 Å². The molecular weight excluding hydrogens is 1130 g/mol. The summed E-state index contributed by atoms with van der Waals surface area (Å²) in [6.45, 7) is 32.6. The van der Waals surface area contributed by atoms with Gasteiger partial charge in [0, 0.05) is 19.3 Å². The summed E-state index contributed by atoms with van der Waals surface area (Å²) in [7, 11) is -4.28. The lowest BCUT2D eigenvalue weighted by Crippen LogP contribution is -2.35. The molecule has 0 amide bonds. The van der Waals surface area contributed by atoms with Gasteiger partial charge in [0.1, 0.15) is 54.2 Å². The molecule has 3 saturated heterocycles. The molecule has 9 rings (SSSR count). The Morgan fingerprint density at radius 3 is 1.12 bits per heavy atom. The molecule has 11 atom stereocenters. The van der Waals surface area contributed by atoms with Gasteiger partial charge in [0.2, 0.25) is 0 Å². The highest BCUT2D eigenvalue weighted by atomic mass is 32.5. The van der Waals surface area contributed by atoms with Crippen molar-refractivity contribution in [3.63, 3.8) is 0 Å². The van der Waals surface area contributed by atoms with Gasteiger partial charge < -0.3 is 55.0 Å². The van der Waals surface area contributed by atoms with Gasteiger partial charge in [0.25, 0.3) is 0 Å². The third-order valence-corrected chi connectivity index (χ3v) is 16.0. The summed E-state index contributed by atoms with van der Waals surface area (Å²) >= 11 is 5.27. The monoisotopic (exact) mass is 1220 g/mol. The molecule has 0 aromatic carbocycles. The lowest BCUT2D eigenvalue weighted by molar-refractivity contribution is -0.102. The van der Waals surface area contributed by atoms with Gasteiger partial charge in [-0.15, -0.1) is 0 Å². The van der Waals surface area contributed by atoms with Crippen LogP contribution in [0, 0.1) is 16.2 Å². The number of rotatable bonds is 13. The zero-order valence-electron chi connectivity index (χ0n) is 51.4. The molecule has 26 nitrogen and oxygen atoms in total. The van der Waals surface area contributed by atoms with Gasteiger partial charge in [-0.3, -0.25) is 22.7 Å². The SMILES string of the molecule is CC(C)(C)C[C@H]1O[C@@H](n2cnc3c(N)ncnc32)C[C@H]1OC(C)(C)C.CC(C)(C)C[C@H]1O[C@@H](n2cnc3c(N)ncnc32)C[C@H]1OP(=O)(O)OC(C)(C)C.CC(C)(C)C[C@H]1O[C@@H](n2cnc3c(N)ncnc32)C[C@H]1OP(O)(=S)OC(C)(C)C. The van der Waals surface area contributed by atoms with Crippen LogP contribution in [0.3, 0.4) is 0 Å². The first-order valence-electron chi connectivity index (χ1n) is 27.9. The molecule has 6 aromatic rings. The second-order valence-corrected chi connectivity index (χ2v) is 32.1. The molecule has 83 heavy (non-hydrogen) atoms. The van der Waals surface area contributed by atoms with E-state index in [-0.39, 0.29) is 58.4 Å². The fourth-order valence-electron chi connectivity index (χ4n) is 10.1. The van der Waals surface area contributed by atoms with Crippen LogP contribution in [0.5, 0.6) is 0 Å². The Labute approximate surface area is 491 Å². The van der Waals surface area contributed by atoms with E-state index >= 15 is 0 Å². The van der Waals surface area contributed by atoms with Crippen molar-refractivity contribution < 1.29 is 51.4 Å². The van der Waals surface area contributed by atoms with Crippen molar-refractivity contribution in [3.8, 4) is 0 Å². The summed E-state index contributed by atoms with van der Waals surface area (Å²) < 4.78 is 65.7. The maximum absolute atomic E-state index is 12.5. The molecule has 29 heteroatoms. The first-order valence-corrected chi connectivity index (χ1v) is 32.0. The Morgan fingerprint density at radius 1 is 0.494 bits per heavy atom. The third kappa shape index (κ3) is 18.5. The highest BCUT2D eigenvalue weighted by Gasteiger charge is 2.46. The molecule has 0 radical (unpaired) electrons. The van der Waals surface area contributed by atoms with Gasteiger partial charge in [-0.05, 0) is 110 Å². The Morgan fingerprint density at radius 2 is 0.807 bits per heavy atom. The smallest absolute Gasteiger partial charge is 0.382 e. The highest BCUT2D eigenvalue weighted by molar-refractivity contribution is 8.07. The zero-order valence-corrected chi connectivity index (χ0v) is 54.0. The quantitative estimate of drug-likeness (QED) is 0.0671. The van der Waals surface area contributed by atoms with E-state index < -0.39 is 50.3 Å². The summed E-state index contributed by atoms with van der Waals surface area (Å²) in [6.07, 6.45) is 10.3. The first-order chi connectivity index (χ1) is 38.0. The lowest BCUT2D eigenvalue weighted by atomic mass is 9.87. The number of nitrogens with zero attached hydrogens (tertiary/aromatic N) is 12. The number of nitrogen functional groups attached to an aromatic ring is 3. The highest BCUT2D eigenvalue weighted by Crippen LogP contribution is 2.54. The third-order valence-electron chi connectivity index (χ3n) is 12.9. The molecule has 0 saturated carbocycles. The molecule has 2 unspecified atom stereocenters. The van der Waals surface area contributed by atoms with Crippen LogP contribution in [0.2, 0.25) is 0 Å². The minimum absolute atomic E-state index is 0.00628. The van der Waals surface area contributed by atoms with Crippen LogP contribution in [-0.2, 0) is 53.4 Å². The van der Waals surface area contributed by atoms with Crippen LogP contribution >= 0.6 is 14.5 Å². The van der Waals surface area contributed by atoms with E-state index in [4.69, 9.17) is 66.1 Å². The summed E-state index contributed by atoms with van der Waals surface area (Å²) in [5, 5.41) is 0. The van der Waals surface area contributed by atoms with Crippen LogP contribution in [0.1, 0.15) is 182 Å². The minimum Gasteiger partial charge on any atom is -0.382 e. The molecule has 3 fully saturated rings. The maximum Gasteiger partial charge on any atom is 0.473 e. The van der Waals surface area contributed by atoms with Gasteiger partial charge in [0.15, 0.2) is 34.4 Å². The zero-order chi connectivity index (χ0) is 61.6. The predicted octanol–water partition coefficient (Wildman–Crippen LogP) is 10.3. The standard InChI is InChI=1S/C18H30N5O5P.C18H30N5O4PS.C18H29N5O2/c1-17(2,3)8-12-11(27-29(24,25)28-18(4,5)6)7-13(26-12)23-10-22-14-15(19)20-9-21-16(14)23;1-17(2,3)8-12-11(26-28(24,29)27-18(4,5)6)7-13(25-12)23-10-22-14-15(19)20-9-21-16(14)23;1-17(2,3)8-12-11(25-18(4,5)6)7-13(24-12)23-10-22-14-15(19)20-9-21-16(14)23/h9-13H,7-8H2,1-6H3,(H,24,25)(H2,19,20,21);9-13H,7-8H2,1-6H3,(H,24,29)(H2,19,20,21);9-13H,7-8H2,1-6H3,(H2,19,20,21)/t11-,12-,13-;11-,12-,13-,28?;11-,12-,13-/m111/s1. The molecule has 0 bridgehead atoms. The average Bonchev–Trinajstić information content (AvgIpc) is 4.18. The maximum atomic E-state index is 12.5. The fraction of sp³-hybridized carbons (Fsp3) is 0.722. The normalized spacial score (nSPS) is 25.3. The van der Waals surface area contributed by atoms with Gasteiger partial charge in [-0.2, -0.15) is 0 Å². The number of ether oxygens (including phenoxy) is 4. The van der Waals surface area contributed by atoms with Crippen molar-refractivity contribution in [2.45, 2.75) is 235 Å². The second-order valence-electron chi connectivity index (χ2n) is 28.0. The number of fused-ring (bicyclic) bond motifs is 3. The van der Waals surface area contributed by atoms with Gasteiger partial charge >= 0.3 is 14.5 Å². The second kappa shape index (κ2) is 24.7. The number of phosphoric ester groups is 1. The summed E-state index contributed by atoms with van der Waals surface area (Å²) in [5.41, 5.74) is 19.5. The van der Waals surface area contributed by atoms with Gasteiger partial charge in [-0.1, -0.05) is 62.3 Å². The summed E-state index contributed by atoms with van der Waals surface area (Å²) in [4.78, 5) is 58.6. The van der Waals surface area contributed by atoms with Crippen LogP contribution in [-0.4, -0.2) is 122 Å². The lowest BCUT2D eigenvalue weighted by Gasteiger charge is -2.31. The molecule has 462 valence electrons. The number of nitrogens with two attached hydrogens (primary N) is 3. The van der Waals surface area contributed by atoms with Gasteiger partial charge in [-0.25, -0.2) is 49.4 Å². The van der Waals surface area contributed by atoms with Crippen molar-refractivity contribution in [1.29, 1.82) is 0 Å². The minimum atomic E-state index is -4.28. The van der Waals surface area contributed by atoms with E-state index in [1.54, 1.807) is 44.3 Å². The van der Waals surface area contributed by atoms with Crippen LogP contribution < -0.4 is 17.2 Å². The Kier molecular flexibility index (Phi) is 19.7. The van der Waals surface area contributed by atoms with Crippen molar-refractivity contribution in [2.24, 2.45) is 16.2 Å². The van der Waals surface area contributed by atoms with E-state index in [1.165, 1.54) is 19.0 Å². The molecule has 0 spiro atoms. The predicted molar refractivity (Wildman–Crippen MR) is 319 cm³/mol. The van der Waals surface area contributed by atoms with Crippen LogP contribution in [0.4, 0.5) is 17.5 Å².